The molecule has 1 unspecified atom stereocenters. The average molecular weight is 276 g/mol. The molecule has 1 N–H and O–H groups in total. The van der Waals surface area contributed by atoms with Crippen LogP contribution in [0.4, 0.5) is 4.39 Å². The van der Waals surface area contributed by atoms with Gasteiger partial charge in [0.1, 0.15) is 5.82 Å². The van der Waals surface area contributed by atoms with Gasteiger partial charge < -0.3 is 5.32 Å². The van der Waals surface area contributed by atoms with E-state index < -0.39 is 0 Å². The SMILES string of the molecule is CNC(C)c1ccc(SCc2cncc(F)c2)cc1. The molecule has 1 heterocycles. The Morgan fingerprint density at radius 1 is 1.26 bits per heavy atom. The van der Waals surface area contributed by atoms with Crippen molar-refractivity contribution in [3.63, 3.8) is 0 Å². The van der Waals surface area contributed by atoms with Gasteiger partial charge >= 0.3 is 0 Å². The van der Waals surface area contributed by atoms with Gasteiger partial charge in [0.25, 0.3) is 0 Å². The fourth-order valence-electron chi connectivity index (χ4n) is 1.72. The molecule has 1 aromatic heterocycles. The Bertz CT molecular complexity index is 528. The van der Waals surface area contributed by atoms with Crippen LogP contribution in [0.2, 0.25) is 0 Å². The van der Waals surface area contributed by atoms with Gasteiger partial charge in [0, 0.05) is 22.9 Å². The first-order valence-electron chi connectivity index (χ1n) is 6.18. The van der Waals surface area contributed by atoms with Crippen LogP contribution in [0.25, 0.3) is 0 Å². The van der Waals surface area contributed by atoms with Crippen LogP contribution in [0.1, 0.15) is 24.1 Å². The number of thioether (sulfide) groups is 1. The minimum absolute atomic E-state index is 0.281. The maximum absolute atomic E-state index is 13.0. The first-order chi connectivity index (χ1) is 9.19. The van der Waals surface area contributed by atoms with E-state index in [1.165, 1.54) is 22.7 Å². The van der Waals surface area contributed by atoms with Crippen LogP contribution in [-0.2, 0) is 5.75 Å². The third-order valence-corrected chi connectivity index (χ3v) is 4.06. The topological polar surface area (TPSA) is 24.9 Å². The predicted molar refractivity (Wildman–Crippen MR) is 77.7 cm³/mol. The van der Waals surface area contributed by atoms with Crippen molar-refractivity contribution in [2.45, 2.75) is 23.6 Å². The predicted octanol–water partition coefficient (Wildman–Crippen LogP) is 3.79. The zero-order chi connectivity index (χ0) is 13.7. The summed E-state index contributed by atoms with van der Waals surface area (Å²) in [6, 6.07) is 10.3. The third kappa shape index (κ3) is 4.04. The molecule has 0 amide bonds. The molecule has 0 saturated heterocycles. The molecule has 0 aliphatic carbocycles. The molecule has 0 spiro atoms. The van der Waals surface area contributed by atoms with E-state index in [4.69, 9.17) is 0 Å². The van der Waals surface area contributed by atoms with E-state index in [9.17, 15) is 4.39 Å². The number of pyridine rings is 1. The van der Waals surface area contributed by atoms with Crippen LogP contribution in [0, 0.1) is 5.82 Å². The fraction of sp³-hybridized carbons (Fsp3) is 0.267. The summed E-state index contributed by atoms with van der Waals surface area (Å²) in [5, 5.41) is 3.21. The molecular weight excluding hydrogens is 259 g/mol. The summed E-state index contributed by atoms with van der Waals surface area (Å²) in [6.45, 7) is 2.13. The molecule has 19 heavy (non-hydrogen) atoms. The summed E-state index contributed by atoms with van der Waals surface area (Å²) in [5.41, 5.74) is 2.16. The van der Waals surface area contributed by atoms with Crippen LogP contribution in [0.15, 0.2) is 47.6 Å². The molecule has 0 radical (unpaired) electrons. The zero-order valence-corrected chi connectivity index (χ0v) is 11.9. The number of halogens is 1. The highest BCUT2D eigenvalue weighted by atomic mass is 32.2. The Labute approximate surface area is 117 Å². The molecule has 2 rings (SSSR count). The fourth-order valence-corrected chi connectivity index (χ4v) is 2.54. The molecule has 0 aliphatic heterocycles. The second-order valence-electron chi connectivity index (χ2n) is 4.38. The molecule has 0 bridgehead atoms. The van der Waals surface area contributed by atoms with Crippen molar-refractivity contribution >= 4 is 11.8 Å². The van der Waals surface area contributed by atoms with E-state index in [0.29, 0.717) is 6.04 Å². The Morgan fingerprint density at radius 3 is 2.63 bits per heavy atom. The van der Waals surface area contributed by atoms with Crippen LogP contribution in [0.5, 0.6) is 0 Å². The van der Waals surface area contributed by atoms with Crippen LogP contribution < -0.4 is 5.32 Å². The van der Waals surface area contributed by atoms with Crippen molar-refractivity contribution in [1.29, 1.82) is 0 Å². The van der Waals surface area contributed by atoms with Gasteiger partial charge in [-0.2, -0.15) is 0 Å². The van der Waals surface area contributed by atoms with E-state index in [1.807, 2.05) is 7.05 Å². The van der Waals surface area contributed by atoms with Crippen molar-refractivity contribution in [3.8, 4) is 0 Å². The van der Waals surface area contributed by atoms with Gasteiger partial charge in [0.15, 0.2) is 0 Å². The summed E-state index contributed by atoms with van der Waals surface area (Å²) in [7, 11) is 1.95. The van der Waals surface area contributed by atoms with E-state index in [1.54, 1.807) is 18.0 Å². The Kier molecular flexibility index (Phi) is 4.93. The largest absolute Gasteiger partial charge is 0.313 e. The summed E-state index contributed by atoms with van der Waals surface area (Å²) in [6.07, 6.45) is 2.93. The smallest absolute Gasteiger partial charge is 0.141 e. The van der Waals surface area contributed by atoms with E-state index >= 15 is 0 Å². The third-order valence-electron chi connectivity index (χ3n) is 2.98. The summed E-state index contributed by atoms with van der Waals surface area (Å²) < 4.78 is 13.0. The quantitative estimate of drug-likeness (QED) is 0.841. The summed E-state index contributed by atoms with van der Waals surface area (Å²) >= 11 is 1.68. The van der Waals surface area contributed by atoms with Gasteiger partial charge in [-0.3, -0.25) is 4.98 Å². The maximum atomic E-state index is 13.0. The number of hydrogen-bond donors (Lipinski definition) is 1. The van der Waals surface area contributed by atoms with Crippen molar-refractivity contribution < 1.29 is 4.39 Å². The molecule has 4 heteroatoms. The normalized spacial score (nSPS) is 12.4. The number of rotatable bonds is 5. The highest BCUT2D eigenvalue weighted by Crippen LogP contribution is 2.24. The van der Waals surface area contributed by atoms with E-state index in [-0.39, 0.29) is 5.82 Å². The first-order valence-corrected chi connectivity index (χ1v) is 7.17. The van der Waals surface area contributed by atoms with Gasteiger partial charge in [0.2, 0.25) is 0 Å². The second-order valence-corrected chi connectivity index (χ2v) is 5.43. The molecule has 1 atom stereocenters. The molecule has 0 aliphatic rings. The van der Waals surface area contributed by atoms with E-state index in [2.05, 4.69) is 41.5 Å². The van der Waals surface area contributed by atoms with Crippen molar-refractivity contribution in [3.05, 3.63) is 59.7 Å². The highest BCUT2D eigenvalue weighted by Gasteiger charge is 2.03. The van der Waals surface area contributed by atoms with Gasteiger partial charge in [-0.25, -0.2) is 4.39 Å². The Hall–Kier alpha value is -1.39. The lowest BCUT2D eigenvalue weighted by molar-refractivity contribution is 0.619. The lowest BCUT2D eigenvalue weighted by atomic mass is 10.1. The standard InChI is InChI=1S/C15H17FN2S/c1-11(17-2)13-3-5-15(6-4-13)19-10-12-7-14(16)9-18-8-12/h3-9,11,17H,10H2,1-2H3. The molecule has 1 aromatic carbocycles. The lowest BCUT2D eigenvalue weighted by Crippen LogP contribution is -2.11. The zero-order valence-electron chi connectivity index (χ0n) is 11.1. The monoisotopic (exact) mass is 276 g/mol. The minimum atomic E-state index is -0.281. The molecule has 100 valence electrons. The van der Waals surface area contributed by atoms with Crippen molar-refractivity contribution in [2.75, 3.05) is 7.05 Å². The van der Waals surface area contributed by atoms with Crippen molar-refractivity contribution in [2.24, 2.45) is 0 Å². The average Bonchev–Trinajstić information content (AvgIpc) is 2.45. The number of nitrogens with one attached hydrogen (secondary N) is 1. The van der Waals surface area contributed by atoms with Gasteiger partial charge in [-0.15, -0.1) is 11.8 Å². The van der Waals surface area contributed by atoms with Crippen LogP contribution in [0.3, 0.4) is 0 Å². The van der Waals surface area contributed by atoms with Gasteiger partial charge in [-0.1, -0.05) is 12.1 Å². The Balaban J connectivity index is 1.96. The number of benzene rings is 1. The van der Waals surface area contributed by atoms with E-state index in [0.717, 1.165) is 11.3 Å². The Morgan fingerprint density at radius 2 is 2.00 bits per heavy atom. The first kappa shape index (κ1) is 14.0. The number of hydrogen-bond acceptors (Lipinski definition) is 3. The lowest BCUT2D eigenvalue weighted by Gasteiger charge is -2.11. The van der Waals surface area contributed by atoms with Crippen molar-refractivity contribution in [1.82, 2.24) is 10.3 Å². The number of aromatic nitrogens is 1. The minimum Gasteiger partial charge on any atom is -0.313 e. The summed E-state index contributed by atoms with van der Waals surface area (Å²) in [4.78, 5) is 5.03. The van der Waals surface area contributed by atoms with Crippen LogP contribution in [-0.4, -0.2) is 12.0 Å². The summed E-state index contributed by atoms with van der Waals surface area (Å²) in [5.74, 6) is 0.447. The number of nitrogens with zero attached hydrogens (tertiary/aromatic N) is 1. The second kappa shape index (κ2) is 6.68. The van der Waals surface area contributed by atoms with Gasteiger partial charge in [-0.05, 0) is 43.3 Å². The molecule has 2 aromatic rings. The molecular formula is C15H17FN2S. The highest BCUT2D eigenvalue weighted by molar-refractivity contribution is 7.98. The molecule has 2 nitrogen and oxygen atoms in total. The molecule has 0 saturated carbocycles. The maximum Gasteiger partial charge on any atom is 0.141 e. The van der Waals surface area contributed by atoms with Gasteiger partial charge in [0.05, 0.1) is 6.20 Å². The molecule has 0 fully saturated rings. The van der Waals surface area contributed by atoms with Crippen LogP contribution >= 0.6 is 11.8 Å².